The minimum atomic E-state index is -0.250. The average molecular weight is 359 g/mol. The quantitative estimate of drug-likeness (QED) is 0.352. The summed E-state index contributed by atoms with van der Waals surface area (Å²) in [4.78, 5) is 8.36. The summed E-state index contributed by atoms with van der Waals surface area (Å²) in [6.07, 6.45) is 0. The van der Waals surface area contributed by atoms with Crippen molar-refractivity contribution in [1.29, 1.82) is 0 Å². The third-order valence-corrected chi connectivity index (χ3v) is 3.20. The molecule has 106 valence electrons. The molecular formula is C9H12Cl5NO3. The van der Waals surface area contributed by atoms with Crippen molar-refractivity contribution in [1.82, 2.24) is 6.15 Å². The molecular weight excluding hydrogens is 347 g/mol. The molecule has 0 unspecified atom stereocenters. The van der Waals surface area contributed by atoms with Gasteiger partial charge in [0.2, 0.25) is 0 Å². The van der Waals surface area contributed by atoms with Gasteiger partial charge < -0.3 is 16.4 Å². The van der Waals surface area contributed by atoms with Gasteiger partial charge in [-0.3, -0.25) is 4.79 Å². The van der Waals surface area contributed by atoms with Gasteiger partial charge in [0.15, 0.2) is 0 Å². The van der Waals surface area contributed by atoms with Crippen LogP contribution < -0.4 is 6.15 Å². The predicted molar refractivity (Wildman–Crippen MR) is 78.0 cm³/mol. The van der Waals surface area contributed by atoms with Crippen LogP contribution in [0.3, 0.4) is 0 Å². The second-order valence-corrected chi connectivity index (χ2v) is 4.15. The molecule has 0 aliphatic carbocycles. The molecule has 5 N–H and O–H groups in total. The summed E-state index contributed by atoms with van der Waals surface area (Å²) in [5, 5.41) is 15.7. The Kier molecular flexibility index (Phi) is 17.4. The Labute approximate surface area is 130 Å². The molecule has 0 spiro atoms. The van der Waals surface area contributed by atoms with E-state index in [1.165, 1.54) is 6.07 Å². The number of hydrogen-bond acceptors (Lipinski definition) is 3. The molecule has 18 heavy (non-hydrogen) atoms. The highest BCUT2D eigenvalue weighted by Gasteiger charge is 2.10. The lowest BCUT2D eigenvalue weighted by Crippen LogP contribution is -1.75. The van der Waals surface area contributed by atoms with E-state index < -0.39 is 0 Å². The molecule has 4 nitrogen and oxygen atoms in total. The smallest absolute Gasteiger partial charge is 0.290 e. The van der Waals surface area contributed by atoms with Gasteiger partial charge in [0.25, 0.3) is 6.47 Å². The zero-order chi connectivity index (χ0) is 14.0. The largest absolute Gasteiger partial charge is 0.483 e. The van der Waals surface area contributed by atoms with Crippen LogP contribution in [-0.4, -0.2) is 23.3 Å². The first-order valence-electron chi connectivity index (χ1n) is 4.04. The average Bonchev–Trinajstić information content (AvgIpc) is 2.26. The van der Waals surface area contributed by atoms with Gasteiger partial charge >= 0.3 is 0 Å². The molecule has 0 amide bonds. The summed E-state index contributed by atoms with van der Waals surface area (Å²) in [6, 6.07) is 1.44. The van der Waals surface area contributed by atoms with Crippen molar-refractivity contribution in [3.63, 3.8) is 0 Å². The van der Waals surface area contributed by atoms with Crippen molar-refractivity contribution in [3.8, 4) is 0 Å². The highest BCUT2D eigenvalue weighted by molar-refractivity contribution is 6.54. The van der Waals surface area contributed by atoms with Gasteiger partial charge in [-0.15, -0.1) is 0 Å². The van der Waals surface area contributed by atoms with Crippen LogP contribution in [-0.2, 0) is 4.79 Å². The minimum Gasteiger partial charge on any atom is -0.483 e. The zero-order valence-electron chi connectivity index (χ0n) is 9.26. The summed E-state index contributed by atoms with van der Waals surface area (Å²) in [7, 11) is 0. The van der Waals surface area contributed by atoms with Crippen molar-refractivity contribution < 1.29 is 15.0 Å². The van der Waals surface area contributed by atoms with Crippen molar-refractivity contribution in [2.45, 2.75) is 6.92 Å². The van der Waals surface area contributed by atoms with Crippen LogP contribution in [0.15, 0.2) is 6.07 Å². The number of aliphatic hydroxyl groups is 1. The molecule has 1 rings (SSSR count). The number of carbonyl (C=O) groups is 1. The number of rotatable bonds is 0. The second kappa shape index (κ2) is 13.5. The van der Waals surface area contributed by atoms with E-state index in [2.05, 4.69) is 0 Å². The Bertz CT molecular complexity index is 336. The van der Waals surface area contributed by atoms with Crippen LogP contribution in [0, 0.1) is 0 Å². The highest BCUT2D eigenvalue weighted by Crippen LogP contribution is 2.40. The summed E-state index contributed by atoms with van der Waals surface area (Å²) >= 11 is 28.2. The normalized spacial score (nSPS) is 7.94. The molecule has 0 aromatic heterocycles. The summed E-state index contributed by atoms with van der Waals surface area (Å²) < 4.78 is 0. The molecule has 0 fully saturated rings. The summed E-state index contributed by atoms with van der Waals surface area (Å²) in [5.41, 5.74) is 0. The molecule has 0 radical (unpaired) electrons. The molecule has 0 aliphatic heterocycles. The van der Waals surface area contributed by atoms with E-state index in [9.17, 15) is 0 Å². The lowest BCUT2D eigenvalue weighted by Gasteiger charge is -2.02. The fraction of sp³-hybridized carbons (Fsp3) is 0.222. The predicted octanol–water partition coefficient (Wildman–Crippen LogP) is 4.82. The number of halogens is 5. The summed E-state index contributed by atoms with van der Waals surface area (Å²) in [6.45, 7) is 1.68. The van der Waals surface area contributed by atoms with Crippen LogP contribution in [0.5, 0.6) is 0 Å². The fourth-order valence-electron chi connectivity index (χ4n) is 0.544. The van der Waals surface area contributed by atoms with Crippen LogP contribution in [0.25, 0.3) is 0 Å². The van der Waals surface area contributed by atoms with Gasteiger partial charge in [-0.2, -0.15) is 0 Å². The number of aliphatic hydroxyl groups excluding tert-OH is 1. The molecule has 0 bridgehead atoms. The third-order valence-electron chi connectivity index (χ3n) is 1.06. The van der Waals surface area contributed by atoms with Gasteiger partial charge in [0.05, 0.1) is 25.1 Å². The van der Waals surface area contributed by atoms with Crippen molar-refractivity contribution in [2.24, 2.45) is 0 Å². The Hall–Kier alpha value is 0.0600. The first kappa shape index (κ1) is 23.2. The SMILES string of the molecule is CCO.Clc1cc(Cl)c(Cl)c(Cl)c1Cl.N.O=CO. The van der Waals surface area contributed by atoms with Crippen LogP contribution in [0.4, 0.5) is 0 Å². The minimum absolute atomic E-state index is 0. The van der Waals surface area contributed by atoms with Gasteiger partial charge in [-0.25, -0.2) is 0 Å². The zero-order valence-corrected chi connectivity index (χ0v) is 13.0. The second-order valence-electron chi connectivity index (χ2n) is 2.20. The van der Waals surface area contributed by atoms with Gasteiger partial charge in [0, 0.05) is 6.61 Å². The van der Waals surface area contributed by atoms with E-state index in [-0.39, 0.29) is 34.3 Å². The van der Waals surface area contributed by atoms with E-state index in [4.69, 9.17) is 73.0 Å². The standard InChI is InChI=1S/C6HCl5.C2H6O.CH2O2.H3N/c7-2-1-3(8)5(10)6(11)4(2)9;1-2-3;2-1-3;/h1H;3H,2H2,1H3;1H,(H,2,3);1H3. The molecule has 9 heteroatoms. The maximum atomic E-state index is 8.36. The Morgan fingerprint density at radius 2 is 1.28 bits per heavy atom. The van der Waals surface area contributed by atoms with Gasteiger partial charge in [-0.1, -0.05) is 58.0 Å². The number of benzene rings is 1. The molecule has 0 saturated carbocycles. The van der Waals surface area contributed by atoms with Gasteiger partial charge in [-0.05, 0) is 13.0 Å². The monoisotopic (exact) mass is 357 g/mol. The van der Waals surface area contributed by atoms with Crippen LogP contribution in [0.1, 0.15) is 6.92 Å². The van der Waals surface area contributed by atoms with Crippen LogP contribution >= 0.6 is 58.0 Å². The first-order chi connectivity index (χ1) is 7.87. The maximum absolute atomic E-state index is 8.36. The number of carboxylic acid groups (broad SMARTS) is 1. The van der Waals surface area contributed by atoms with Crippen LogP contribution in [0.2, 0.25) is 25.1 Å². The van der Waals surface area contributed by atoms with E-state index in [1.54, 1.807) is 6.92 Å². The van der Waals surface area contributed by atoms with Crippen molar-refractivity contribution in [3.05, 3.63) is 31.2 Å². The molecule has 1 aromatic carbocycles. The van der Waals surface area contributed by atoms with Crippen molar-refractivity contribution in [2.75, 3.05) is 6.61 Å². The lowest BCUT2D eigenvalue weighted by atomic mass is 10.3. The van der Waals surface area contributed by atoms with Crippen molar-refractivity contribution >= 4 is 64.5 Å². The van der Waals surface area contributed by atoms with Gasteiger partial charge in [0.1, 0.15) is 0 Å². The van der Waals surface area contributed by atoms with E-state index in [1.807, 2.05) is 0 Å². The third kappa shape index (κ3) is 9.05. The topological polar surface area (TPSA) is 92.5 Å². The fourth-order valence-corrected chi connectivity index (χ4v) is 1.65. The Balaban J connectivity index is -0.000000276. The Morgan fingerprint density at radius 1 is 1.06 bits per heavy atom. The Morgan fingerprint density at radius 3 is 1.50 bits per heavy atom. The molecule has 1 aromatic rings. The molecule has 0 aliphatic rings. The maximum Gasteiger partial charge on any atom is 0.290 e. The van der Waals surface area contributed by atoms with E-state index in [0.717, 1.165) is 0 Å². The number of hydrogen-bond donors (Lipinski definition) is 3. The molecule has 0 saturated heterocycles. The van der Waals surface area contributed by atoms with E-state index >= 15 is 0 Å². The summed E-state index contributed by atoms with van der Waals surface area (Å²) in [5.74, 6) is 0. The molecule has 0 heterocycles. The first-order valence-corrected chi connectivity index (χ1v) is 5.93. The highest BCUT2D eigenvalue weighted by atomic mass is 35.5. The lowest BCUT2D eigenvalue weighted by molar-refractivity contribution is -0.122. The molecule has 0 atom stereocenters. The van der Waals surface area contributed by atoms with E-state index in [0.29, 0.717) is 10.0 Å².